The molecule has 0 saturated heterocycles. The SMILES string of the molecule is C[C@@H](N)C(=O)NCC(=O)N(C)CC(=O)Nc1nc2ccc(OC(F)(F)F)cc2s1. The number of likely N-dealkylation sites (N-methyl/N-ethyl adjacent to an activating group) is 1. The van der Waals surface area contributed by atoms with Crippen molar-refractivity contribution in [1.29, 1.82) is 0 Å². The molecule has 0 aliphatic carbocycles. The standard InChI is InChI=1S/C16H18F3N5O4S/c1-8(20)14(27)21-6-13(26)24(2)7-12(25)23-15-22-10-4-3-9(5-11(10)29-15)28-16(17,18)19/h3-5,8H,6-7,20H2,1-2H3,(H,21,27)(H,22,23,25)/t8-/m1/s1. The number of hydrogen-bond donors (Lipinski definition) is 3. The number of nitrogens with zero attached hydrogens (tertiary/aromatic N) is 2. The van der Waals surface area contributed by atoms with E-state index in [2.05, 4.69) is 20.4 Å². The Morgan fingerprint density at radius 1 is 1.34 bits per heavy atom. The maximum Gasteiger partial charge on any atom is 0.573 e. The van der Waals surface area contributed by atoms with Gasteiger partial charge >= 0.3 is 6.36 Å². The number of benzene rings is 1. The molecule has 1 heterocycles. The second-order valence-corrected chi connectivity index (χ2v) is 7.03. The van der Waals surface area contributed by atoms with Gasteiger partial charge in [0.15, 0.2) is 5.13 Å². The fraction of sp³-hybridized carbons (Fsp3) is 0.375. The number of anilines is 1. The van der Waals surface area contributed by atoms with Crippen molar-refractivity contribution in [2.24, 2.45) is 5.73 Å². The number of halogens is 3. The fourth-order valence-corrected chi connectivity index (χ4v) is 2.99. The first-order valence-corrected chi connectivity index (χ1v) is 8.99. The van der Waals surface area contributed by atoms with Gasteiger partial charge in [0.05, 0.1) is 29.3 Å². The lowest BCUT2D eigenvalue weighted by atomic mass is 10.3. The first-order chi connectivity index (χ1) is 13.4. The van der Waals surface area contributed by atoms with E-state index in [1.807, 2.05) is 0 Å². The lowest BCUT2D eigenvalue weighted by molar-refractivity contribution is -0.274. The number of amides is 3. The monoisotopic (exact) mass is 433 g/mol. The summed E-state index contributed by atoms with van der Waals surface area (Å²) >= 11 is 0.954. The highest BCUT2D eigenvalue weighted by atomic mass is 32.1. The molecule has 0 spiro atoms. The Hall–Kier alpha value is -2.93. The summed E-state index contributed by atoms with van der Waals surface area (Å²) in [6.45, 7) is 0.839. The van der Waals surface area contributed by atoms with E-state index in [4.69, 9.17) is 5.73 Å². The van der Waals surface area contributed by atoms with Gasteiger partial charge in [-0.1, -0.05) is 11.3 Å². The number of nitrogens with one attached hydrogen (secondary N) is 2. The highest BCUT2D eigenvalue weighted by molar-refractivity contribution is 7.22. The Morgan fingerprint density at radius 2 is 2.03 bits per heavy atom. The van der Waals surface area contributed by atoms with Crippen molar-refractivity contribution >= 4 is 44.4 Å². The van der Waals surface area contributed by atoms with Crippen LogP contribution >= 0.6 is 11.3 Å². The van der Waals surface area contributed by atoms with Gasteiger partial charge in [0.1, 0.15) is 5.75 Å². The first-order valence-electron chi connectivity index (χ1n) is 8.18. The van der Waals surface area contributed by atoms with Crippen LogP contribution in [-0.4, -0.2) is 60.1 Å². The summed E-state index contributed by atoms with van der Waals surface area (Å²) in [6.07, 6.45) is -4.81. The molecule has 0 radical (unpaired) electrons. The number of carbonyl (C=O) groups is 3. The van der Waals surface area contributed by atoms with Crippen molar-refractivity contribution in [3.63, 3.8) is 0 Å². The van der Waals surface area contributed by atoms with Crippen LogP contribution < -0.4 is 21.1 Å². The number of nitrogens with two attached hydrogens (primary N) is 1. The molecular weight excluding hydrogens is 415 g/mol. The predicted octanol–water partition coefficient (Wildman–Crippen LogP) is 1.06. The number of alkyl halides is 3. The third kappa shape index (κ3) is 6.87. The number of fused-ring (bicyclic) bond motifs is 1. The molecule has 0 bridgehead atoms. The maximum atomic E-state index is 12.3. The van der Waals surface area contributed by atoms with E-state index in [1.54, 1.807) is 0 Å². The van der Waals surface area contributed by atoms with Crippen molar-refractivity contribution in [1.82, 2.24) is 15.2 Å². The smallest absolute Gasteiger partial charge is 0.406 e. The van der Waals surface area contributed by atoms with Gasteiger partial charge in [-0.15, -0.1) is 13.2 Å². The number of ether oxygens (including phenoxy) is 1. The molecule has 158 valence electrons. The normalized spacial score (nSPS) is 12.3. The first kappa shape index (κ1) is 22.4. The summed E-state index contributed by atoms with van der Waals surface area (Å²) in [7, 11) is 1.37. The summed E-state index contributed by atoms with van der Waals surface area (Å²) in [5.41, 5.74) is 5.74. The zero-order chi connectivity index (χ0) is 21.8. The molecule has 1 atom stereocenters. The van der Waals surface area contributed by atoms with Crippen LogP contribution in [0.25, 0.3) is 10.2 Å². The molecule has 2 rings (SSSR count). The van der Waals surface area contributed by atoms with Gasteiger partial charge in [-0.05, 0) is 19.1 Å². The van der Waals surface area contributed by atoms with E-state index >= 15 is 0 Å². The number of aromatic nitrogens is 1. The minimum absolute atomic E-state index is 0.153. The molecule has 4 N–H and O–H groups in total. The molecule has 13 heteroatoms. The molecule has 29 heavy (non-hydrogen) atoms. The minimum atomic E-state index is -4.81. The van der Waals surface area contributed by atoms with Crippen molar-refractivity contribution in [2.75, 3.05) is 25.5 Å². The Bertz CT molecular complexity index is 916. The van der Waals surface area contributed by atoms with Crippen LogP contribution in [-0.2, 0) is 14.4 Å². The predicted molar refractivity (Wildman–Crippen MR) is 99.2 cm³/mol. The van der Waals surface area contributed by atoms with Gasteiger partial charge in [-0.25, -0.2) is 4.98 Å². The zero-order valence-corrected chi connectivity index (χ0v) is 16.2. The van der Waals surface area contributed by atoms with Crippen molar-refractivity contribution in [3.8, 4) is 5.75 Å². The van der Waals surface area contributed by atoms with Crippen LogP contribution in [0.5, 0.6) is 5.75 Å². The molecule has 0 saturated carbocycles. The van der Waals surface area contributed by atoms with Gasteiger partial charge in [0.2, 0.25) is 17.7 Å². The van der Waals surface area contributed by atoms with E-state index in [-0.39, 0.29) is 18.2 Å². The molecule has 0 aliphatic rings. The summed E-state index contributed by atoms with van der Waals surface area (Å²) in [6, 6.07) is 2.84. The van der Waals surface area contributed by atoms with Crippen LogP contribution in [0.4, 0.5) is 18.3 Å². The van der Waals surface area contributed by atoms with E-state index in [0.29, 0.717) is 10.2 Å². The summed E-state index contributed by atoms with van der Waals surface area (Å²) in [5, 5.41) is 4.96. The number of hydrogen-bond acceptors (Lipinski definition) is 7. The number of rotatable bonds is 7. The highest BCUT2D eigenvalue weighted by Crippen LogP contribution is 2.31. The van der Waals surface area contributed by atoms with Crippen LogP contribution in [0, 0.1) is 0 Å². The molecule has 3 amide bonds. The third-order valence-corrected chi connectivity index (χ3v) is 4.41. The lowest BCUT2D eigenvalue weighted by Crippen LogP contribution is -2.45. The Labute approximate surface area is 167 Å². The van der Waals surface area contributed by atoms with E-state index < -0.39 is 35.9 Å². The van der Waals surface area contributed by atoms with E-state index in [0.717, 1.165) is 28.4 Å². The minimum Gasteiger partial charge on any atom is -0.406 e. The fourth-order valence-electron chi connectivity index (χ4n) is 2.08. The second-order valence-electron chi connectivity index (χ2n) is 6.00. The number of thiazole rings is 1. The van der Waals surface area contributed by atoms with E-state index in [9.17, 15) is 27.6 Å². The largest absolute Gasteiger partial charge is 0.573 e. The average Bonchev–Trinajstić information content (AvgIpc) is 2.98. The van der Waals surface area contributed by atoms with Gasteiger partial charge in [-0.2, -0.15) is 0 Å². The van der Waals surface area contributed by atoms with Crippen LogP contribution in [0.2, 0.25) is 0 Å². The molecule has 2 aromatic rings. The Balaban J connectivity index is 1.93. The molecular formula is C16H18F3N5O4S. The second kappa shape index (κ2) is 9.05. The molecule has 1 aromatic heterocycles. The quantitative estimate of drug-likeness (QED) is 0.599. The van der Waals surface area contributed by atoms with Gasteiger partial charge in [-0.3, -0.25) is 14.4 Å². The summed E-state index contributed by atoms with van der Waals surface area (Å²) < 4.78 is 41.1. The van der Waals surface area contributed by atoms with Crippen LogP contribution in [0.1, 0.15) is 6.92 Å². The lowest BCUT2D eigenvalue weighted by Gasteiger charge is -2.17. The number of carbonyl (C=O) groups excluding carboxylic acids is 3. The molecule has 0 unspecified atom stereocenters. The van der Waals surface area contributed by atoms with Crippen molar-refractivity contribution in [2.45, 2.75) is 19.3 Å². The van der Waals surface area contributed by atoms with Gasteiger partial charge in [0, 0.05) is 13.1 Å². The topological polar surface area (TPSA) is 127 Å². The molecule has 1 aromatic carbocycles. The van der Waals surface area contributed by atoms with Gasteiger partial charge in [0.25, 0.3) is 0 Å². The highest BCUT2D eigenvalue weighted by Gasteiger charge is 2.31. The average molecular weight is 433 g/mol. The molecule has 0 fully saturated rings. The van der Waals surface area contributed by atoms with Crippen LogP contribution in [0.15, 0.2) is 18.2 Å². The third-order valence-electron chi connectivity index (χ3n) is 3.47. The van der Waals surface area contributed by atoms with Crippen molar-refractivity contribution in [3.05, 3.63) is 18.2 Å². The molecule has 0 aliphatic heterocycles. The summed E-state index contributed by atoms with van der Waals surface area (Å²) in [4.78, 5) is 40.6. The Morgan fingerprint density at radius 3 is 2.66 bits per heavy atom. The van der Waals surface area contributed by atoms with Crippen molar-refractivity contribution < 1.29 is 32.3 Å². The zero-order valence-electron chi connectivity index (χ0n) is 15.4. The summed E-state index contributed by atoms with van der Waals surface area (Å²) in [5.74, 6) is -1.97. The Kier molecular flexibility index (Phi) is 6.97. The van der Waals surface area contributed by atoms with Gasteiger partial charge < -0.3 is 26.0 Å². The van der Waals surface area contributed by atoms with E-state index in [1.165, 1.54) is 20.0 Å². The van der Waals surface area contributed by atoms with Crippen LogP contribution in [0.3, 0.4) is 0 Å². The maximum absolute atomic E-state index is 12.3. The molecule has 9 nitrogen and oxygen atoms in total.